The van der Waals surface area contributed by atoms with Crippen molar-refractivity contribution in [1.82, 2.24) is 5.32 Å². The fraction of sp³-hybridized carbons (Fsp3) is 0.870. The Hall–Kier alpha value is -3.34. The zero-order valence-electron chi connectivity index (χ0n) is 40.4. The van der Waals surface area contributed by atoms with Crippen LogP contribution in [-0.2, 0) is 61.9 Å². The molecule has 3 heterocycles. The molecule has 0 aliphatic carbocycles. The molecule has 2 fully saturated rings. The van der Waals surface area contributed by atoms with Gasteiger partial charge in [0.2, 0.25) is 12.2 Å². The molecule has 0 aromatic heterocycles. The van der Waals surface area contributed by atoms with Crippen molar-refractivity contribution in [3.63, 3.8) is 0 Å². The molecule has 2 saturated heterocycles. The van der Waals surface area contributed by atoms with Crippen molar-refractivity contribution in [3.8, 4) is 0 Å². The van der Waals surface area contributed by atoms with E-state index in [9.17, 15) is 24.0 Å². The van der Waals surface area contributed by atoms with Gasteiger partial charge in [-0.05, 0) is 80.1 Å². The Morgan fingerprint density at radius 1 is 0.694 bits per heavy atom. The smallest absolute Gasteiger partial charge is 0.306 e. The zero-order chi connectivity index (χ0) is 47.2. The molecule has 0 spiro atoms. The van der Waals surface area contributed by atoms with Crippen LogP contribution in [-0.4, -0.2) is 114 Å². The standard InChI is InChI=1S/C23H41NO7.C12H19NO4.C11H22O3/c1-8-18-15(2)21(29-17(4)26)20(24-16(3)25)22(30-18)28-14-12-10-9-11-13-19(27)31-23(5,6)7;1-5-9-6(2)11(16-8(4)14)10-12(17-9)15-7(3)13-10;1-11(2,3)14-10(13)8-6-4-5-7-9-12/h15,18,20-22H,8-14H2,1-7H3,(H,24,25);6,9-12H,5H2,1-4H3;12H,4-9H2,1-3H3/t15-,18+,20+,21-,22?;6-,9+,10+,11-,12-;/m00./s1. The summed E-state index contributed by atoms with van der Waals surface area (Å²) in [7, 11) is 0. The van der Waals surface area contributed by atoms with E-state index in [-0.39, 0.29) is 72.2 Å². The van der Waals surface area contributed by atoms with Gasteiger partial charge in [-0.15, -0.1) is 0 Å². The fourth-order valence-electron chi connectivity index (χ4n) is 7.42. The van der Waals surface area contributed by atoms with Crippen LogP contribution in [0.4, 0.5) is 0 Å². The molecule has 3 rings (SSSR count). The first-order valence-corrected chi connectivity index (χ1v) is 22.7. The molecule has 62 heavy (non-hydrogen) atoms. The van der Waals surface area contributed by atoms with Crippen LogP contribution in [0.15, 0.2) is 4.99 Å². The summed E-state index contributed by atoms with van der Waals surface area (Å²) in [5, 5.41) is 11.4. The first-order valence-electron chi connectivity index (χ1n) is 22.7. The maximum atomic E-state index is 11.7. The molecule has 10 atom stereocenters. The topological polar surface area (TPSA) is 204 Å². The van der Waals surface area contributed by atoms with E-state index in [0.717, 1.165) is 64.2 Å². The van der Waals surface area contributed by atoms with Crippen LogP contribution in [0.1, 0.15) is 174 Å². The number of fused-ring (bicyclic) bond motifs is 1. The minimum absolute atomic E-state index is 0.0432. The number of hydrogen-bond donors (Lipinski definition) is 2. The number of unbranched alkanes of at least 4 members (excludes halogenated alkanes) is 6. The van der Waals surface area contributed by atoms with Crippen molar-refractivity contribution < 1.29 is 67.0 Å². The summed E-state index contributed by atoms with van der Waals surface area (Å²) in [6, 6.07) is -0.789. The number of aliphatic hydroxyl groups excluding tert-OH is 1. The summed E-state index contributed by atoms with van der Waals surface area (Å²) >= 11 is 0. The van der Waals surface area contributed by atoms with Crippen LogP contribution in [0.5, 0.6) is 0 Å². The number of carbonyl (C=O) groups excluding carboxylic acids is 5. The van der Waals surface area contributed by atoms with E-state index >= 15 is 0 Å². The van der Waals surface area contributed by atoms with Gasteiger partial charge in [-0.3, -0.25) is 24.0 Å². The largest absolute Gasteiger partial charge is 0.460 e. The molecule has 0 radical (unpaired) electrons. The van der Waals surface area contributed by atoms with Crippen LogP contribution >= 0.6 is 0 Å². The van der Waals surface area contributed by atoms with Crippen molar-refractivity contribution in [1.29, 1.82) is 0 Å². The van der Waals surface area contributed by atoms with Gasteiger partial charge in [-0.25, -0.2) is 4.99 Å². The van der Waals surface area contributed by atoms with E-state index in [0.29, 0.717) is 25.3 Å². The molecule has 16 nitrogen and oxygen atoms in total. The molecule has 2 N–H and O–H groups in total. The number of ether oxygens (including phenoxy) is 8. The molecule has 3 aliphatic rings. The average Bonchev–Trinajstić information content (AvgIpc) is 3.52. The van der Waals surface area contributed by atoms with E-state index in [1.165, 1.54) is 20.8 Å². The minimum atomic E-state index is -0.684. The SMILES string of the molecule is CC(C)(C)OC(=O)CCCCCCO.CC[C@H]1OC(OCCCCCCC(=O)OC(C)(C)C)[C@H](NC(C)=O)[C@@H](OC(C)=O)[C@H]1C.CC[C@H]1O[C@@H]2OC(C)=N[C@@H]2[C@@H](OC(C)=O)[C@H]1C. The van der Waals surface area contributed by atoms with E-state index < -0.39 is 36.3 Å². The highest BCUT2D eigenvalue weighted by atomic mass is 16.7. The Bertz CT molecular complexity index is 1390. The summed E-state index contributed by atoms with van der Waals surface area (Å²) in [5.74, 6) is -0.549. The van der Waals surface area contributed by atoms with Gasteiger partial charge >= 0.3 is 23.9 Å². The molecule has 0 bridgehead atoms. The fourth-order valence-corrected chi connectivity index (χ4v) is 7.42. The number of esters is 4. The van der Waals surface area contributed by atoms with Crippen LogP contribution in [0, 0.1) is 11.8 Å². The lowest BCUT2D eigenvalue weighted by Crippen LogP contribution is -2.62. The van der Waals surface area contributed by atoms with Crippen molar-refractivity contribution in [2.24, 2.45) is 16.8 Å². The van der Waals surface area contributed by atoms with Gasteiger partial charge in [-0.2, -0.15) is 0 Å². The maximum Gasteiger partial charge on any atom is 0.306 e. The summed E-state index contributed by atoms with van der Waals surface area (Å²) in [6.45, 7) is 25.9. The van der Waals surface area contributed by atoms with E-state index in [1.807, 2.05) is 62.3 Å². The van der Waals surface area contributed by atoms with E-state index in [4.69, 9.17) is 43.0 Å². The molecule has 0 aromatic rings. The molecule has 0 saturated carbocycles. The lowest BCUT2D eigenvalue weighted by Gasteiger charge is -2.44. The van der Waals surface area contributed by atoms with Gasteiger partial charge in [-0.1, -0.05) is 53.4 Å². The molecular formula is C46H82N2O14. The Labute approximate surface area is 371 Å². The van der Waals surface area contributed by atoms with Crippen molar-refractivity contribution >= 4 is 35.7 Å². The van der Waals surface area contributed by atoms with Gasteiger partial charge < -0.3 is 48.3 Å². The predicted molar refractivity (Wildman–Crippen MR) is 234 cm³/mol. The monoisotopic (exact) mass is 887 g/mol. The number of aliphatic imine (C=N–C) groups is 1. The number of amides is 1. The van der Waals surface area contributed by atoms with Gasteiger partial charge in [0.25, 0.3) is 0 Å². The molecule has 16 heteroatoms. The molecular weight excluding hydrogens is 805 g/mol. The molecule has 360 valence electrons. The van der Waals surface area contributed by atoms with Gasteiger partial charge in [0.15, 0.2) is 18.2 Å². The first kappa shape index (κ1) is 56.7. The Kier molecular flexibility index (Phi) is 26.0. The molecule has 0 aromatic carbocycles. The zero-order valence-corrected chi connectivity index (χ0v) is 40.4. The number of rotatable bonds is 19. The molecule has 1 amide bonds. The first-order chi connectivity index (χ1) is 28.9. The second kappa shape index (κ2) is 28.5. The minimum Gasteiger partial charge on any atom is -0.460 e. The summed E-state index contributed by atoms with van der Waals surface area (Å²) in [4.78, 5) is 61.8. The highest BCUT2D eigenvalue weighted by Crippen LogP contribution is 2.35. The van der Waals surface area contributed by atoms with Gasteiger partial charge in [0, 0.05) is 65.6 Å². The summed E-state index contributed by atoms with van der Waals surface area (Å²) in [6.07, 6.45) is 7.59. The second-order valence-electron chi connectivity index (χ2n) is 18.3. The normalized spacial score (nSPS) is 26.7. The highest BCUT2D eigenvalue weighted by Gasteiger charge is 2.49. The lowest BCUT2D eigenvalue weighted by molar-refractivity contribution is -0.253. The number of nitrogens with zero attached hydrogens (tertiary/aromatic N) is 1. The second-order valence-corrected chi connectivity index (χ2v) is 18.3. The quantitative estimate of drug-likeness (QED) is 0.0744. The third-order valence-corrected chi connectivity index (χ3v) is 10.2. The number of nitrogens with one attached hydrogen (secondary N) is 1. The number of aliphatic hydroxyl groups is 1. The van der Waals surface area contributed by atoms with E-state index in [1.54, 1.807) is 6.92 Å². The molecule has 1 unspecified atom stereocenters. The number of hydrogen-bond acceptors (Lipinski definition) is 15. The highest BCUT2D eigenvalue weighted by molar-refractivity contribution is 5.75. The lowest BCUT2D eigenvalue weighted by atomic mass is 9.87. The van der Waals surface area contributed by atoms with E-state index in [2.05, 4.69) is 17.2 Å². The third-order valence-electron chi connectivity index (χ3n) is 10.2. The molecule has 3 aliphatic heterocycles. The van der Waals surface area contributed by atoms with Crippen LogP contribution in [0.2, 0.25) is 0 Å². The summed E-state index contributed by atoms with van der Waals surface area (Å²) < 4.78 is 44.8. The van der Waals surface area contributed by atoms with Crippen molar-refractivity contribution in [3.05, 3.63) is 0 Å². The van der Waals surface area contributed by atoms with Crippen LogP contribution in [0.25, 0.3) is 0 Å². The maximum absolute atomic E-state index is 11.7. The third kappa shape index (κ3) is 22.8. The van der Waals surface area contributed by atoms with Crippen LogP contribution < -0.4 is 5.32 Å². The van der Waals surface area contributed by atoms with Crippen molar-refractivity contribution in [2.75, 3.05) is 13.2 Å². The Morgan fingerprint density at radius 2 is 1.16 bits per heavy atom. The average molecular weight is 887 g/mol. The predicted octanol–water partition coefficient (Wildman–Crippen LogP) is 7.28. The Balaban J connectivity index is 0.000000518. The van der Waals surface area contributed by atoms with Gasteiger partial charge in [0.05, 0.1) is 12.2 Å². The Morgan fingerprint density at radius 3 is 1.63 bits per heavy atom. The van der Waals surface area contributed by atoms with Crippen molar-refractivity contribution in [2.45, 2.75) is 234 Å². The number of carbonyl (C=O) groups is 5. The van der Waals surface area contributed by atoms with Crippen LogP contribution in [0.3, 0.4) is 0 Å². The van der Waals surface area contributed by atoms with Gasteiger partial charge in [0.1, 0.15) is 29.5 Å². The summed E-state index contributed by atoms with van der Waals surface area (Å²) in [5.41, 5.74) is -0.824.